The van der Waals surface area contributed by atoms with Gasteiger partial charge in [-0.15, -0.1) is 12.4 Å². The average molecular weight is 259 g/mol. The van der Waals surface area contributed by atoms with Crippen molar-refractivity contribution < 1.29 is 0 Å². The summed E-state index contributed by atoms with van der Waals surface area (Å²) in [6.45, 7) is 6.49. The van der Waals surface area contributed by atoms with Crippen LogP contribution in [0.5, 0.6) is 0 Å². The fraction of sp³-hybridized carbons (Fsp3) is 0.750. The lowest BCUT2D eigenvalue weighted by atomic mass is 10.2. The zero-order valence-electron chi connectivity index (χ0n) is 10.7. The van der Waals surface area contributed by atoms with E-state index < -0.39 is 0 Å². The minimum atomic E-state index is 0. The molecule has 4 nitrogen and oxygen atoms in total. The van der Waals surface area contributed by atoms with Crippen LogP contribution in [0.4, 0.5) is 0 Å². The van der Waals surface area contributed by atoms with Crippen LogP contribution >= 0.6 is 12.4 Å². The number of rotatable bonds is 5. The lowest BCUT2D eigenvalue weighted by Gasteiger charge is -2.22. The number of hydrogen-bond acceptors (Lipinski definition) is 3. The zero-order valence-corrected chi connectivity index (χ0v) is 11.5. The molecule has 1 aromatic rings. The lowest BCUT2D eigenvalue weighted by Crippen LogP contribution is -2.32. The number of nitrogens with one attached hydrogen (secondary N) is 1. The molecular weight excluding hydrogens is 236 g/mol. The highest BCUT2D eigenvalue weighted by Crippen LogP contribution is 2.10. The van der Waals surface area contributed by atoms with Crippen LogP contribution < -0.4 is 5.32 Å². The Balaban J connectivity index is 0.00000144. The second kappa shape index (κ2) is 6.99. The smallest absolute Gasteiger partial charge is 0.0534 e. The van der Waals surface area contributed by atoms with Gasteiger partial charge >= 0.3 is 0 Å². The second-order valence-corrected chi connectivity index (χ2v) is 4.67. The molecule has 2 rings (SSSR count). The van der Waals surface area contributed by atoms with Crippen LogP contribution in [0.1, 0.15) is 25.3 Å². The van der Waals surface area contributed by atoms with Gasteiger partial charge in [0.15, 0.2) is 0 Å². The molecule has 0 spiro atoms. The van der Waals surface area contributed by atoms with E-state index in [1.54, 1.807) is 0 Å². The van der Waals surface area contributed by atoms with Gasteiger partial charge in [0.1, 0.15) is 0 Å². The zero-order chi connectivity index (χ0) is 11.4. The lowest BCUT2D eigenvalue weighted by molar-refractivity contribution is 0.249. The maximum atomic E-state index is 4.36. The standard InChI is InChI=1S/C12H22N4.ClH/c1-3-6-16-10-11(7-14-16)9-15(2)12-4-5-13-8-12;/h7,10,12-13H,3-6,8-9H2,1-2H3;1H. The van der Waals surface area contributed by atoms with E-state index in [0.717, 1.165) is 32.6 Å². The largest absolute Gasteiger partial charge is 0.315 e. The molecule has 1 saturated heterocycles. The van der Waals surface area contributed by atoms with E-state index in [4.69, 9.17) is 0 Å². The molecule has 0 saturated carbocycles. The highest BCUT2D eigenvalue weighted by atomic mass is 35.5. The summed E-state index contributed by atoms with van der Waals surface area (Å²) < 4.78 is 2.04. The monoisotopic (exact) mass is 258 g/mol. The molecule has 1 aliphatic heterocycles. The molecule has 1 N–H and O–H groups in total. The van der Waals surface area contributed by atoms with Gasteiger partial charge in [0.05, 0.1) is 6.20 Å². The van der Waals surface area contributed by atoms with Gasteiger partial charge in [0, 0.05) is 37.4 Å². The predicted octanol–water partition coefficient (Wildman–Crippen LogP) is 1.51. The summed E-state index contributed by atoms with van der Waals surface area (Å²) in [6, 6.07) is 0.689. The first kappa shape index (κ1) is 14.5. The van der Waals surface area contributed by atoms with Crippen LogP contribution in [-0.2, 0) is 13.1 Å². The molecule has 17 heavy (non-hydrogen) atoms. The minimum absolute atomic E-state index is 0. The summed E-state index contributed by atoms with van der Waals surface area (Å²) in [4.78, 5) is 2.42. The van der Waals surface area contributed by atoms with E-state index in [1.807, 2.05) is 10.9 Å². The van der Waals surface area contributed by atoms with E-state index in [-0.39, 0.29) is 12.4 Å². The second-order valence-electron chi connectivity index (χ2n) is 4.67. The minimum Gasteiger partial charge on any atom is -0.315 e. The third-order valence-electron chi connectivity index (χ3n) is 3.23. The first-order valence-corrected chi connectivity index (χ1v) is 6.22. The molecule has 0 amide bonds. The topological polar surface area (TPSA) is 33.1 Å². The van der Waals surface area contributed by atoms with Gasteiger partial charge in [-0.3, -0.25) is 9.58 Å². The Morgan fingerprint density at radius 2 is 2.41 bits per heavy atom. The van der Waals surface area contributed by atoms with E-state index in [0.29, 0.717) is 6.04 Å². The van der Waals surface area contributed by atoms with Crippen molar-refractivity contribution in [3.63, 3.8) is 0 Å². The predicted molar refractivity (Wildman–Crippen MR) is 72.5 cm³/mol. The number of nitrogens with zero attached hydrogens (tertiary/aromatic N) is 3. The molecule has 2 heterocycles. The van der Waals surface area contributed by atoms with Crippen molar-refractivity contribution in [2.24, 2.45) is 0 Å². The SMILES string of the molecule is CCCn1cc(CN(C)C2CCNC2)cn1.Cl. The summed E-state index contributed by atoms with van der Waals surface area (Å²) in [5, 5.41) is 7.76. The Bertz CT molecular complexity index is 320. The third-order valence-corrected chi connectivity index (χ3v) is 3.23. The molecular formula is C12H23ClN4. The number of halogens is 1. The Kier molecular flexibility index (Phi) is 5.95. The van der Waals surface area contributed by atoms with E-state index in [2.05, 4.69) is 35.5 Å². The number of aromatic nitrogens is 2. The van der Waals surface area contributed by atoms with Crippen LogP contribution in [0.3, 0.4) is 0 Å². The number of aryl methyl sites for hydroxylation is 1. The molecule has 1 atom stereocenters. The van der Waals surface area contributed by atoms with Gasteiger partial charge in [0.25, 0.3) is 0 Å². The Hall–Kier alpha value is -0.580. The van der Waals surface area contributed by atoms with Crippen molar-refractivity contribution in [1.82, 2.24) is 20.0 Å². The van der Waals surface area contributed by atoms with Crippen LogP contribution in [0.2, 0.25) is 0 Å². The number of hydrogen-bond donors (Lipinski definition) is 1. The highest BCUT2D eigenvalue weighted by Gasteiger charge is 2.19. The van der Waals surface area contributed by atoms with Crippen molar-refractivity contribution in [2.75, 3.05) is 20.1 Å². The van der Waals surface area contributed by atoms with Gasteiger partial charge in [-0.05, 0) is 26.4 Å². The van der Waals surface area contributed by atoms with Crippen LogP contribution in [0, 0.1) is 0 Å². The maximum Gasteiger partial charge on any atom is 0.0534 e. The highest BCUT2D eigenvalue weighted by molar-refractivity contribution is 5.85. The van der Waals surface area contributed by atoms with E-state index in [1.165, 1.54) is 12.0 Å². The fourth-order valence-electron chi connectivity index (χ4n) is 2.27. The van der Waals surface area contributed by atoms with Crippen LogP contribution in [-0.4, -0.2) is 40.9 Å². The summed E-state index contributed by atoms with van der Waals surface area (Å²) in [7, 11) is 2.20. The van der Waals surface area contributed by atoms with Gasteiger partial charge in [-0.2, -0.15) is 5.10 Å². The normalized spacial score (nSPS) is 19.6. The fourth-order valence-corrected chi connectivity index (χ4v) is 2.27. The van der Waals surface area contributed by atoms with Crippen molar-refractivity contribution in [3.8, 4) is 0 Å². The maximum absolute atomic E-state index is 4.36. The van der Waals surface area contributed by atoms with Gasteiger partial charge < -0.3 is 5.32 Å². The summed E-state index contributed by atoms with van der Waals surface area (Å²) >= 11 is 0. The van der Waals surface area contributed by atoms with Crippen molar-refractivity contribution in [1.29, 1.82) is 0 Å². The molecule has 1 unspecified atom stereocenters. The van der Waals surface area contributed by atoms with E-state index in [9.17, 15) is 0 Å². The first-order valence-electron chi connectivity index (χ1n) is 6.22. The first-order chi connectivity index (χ1) is 7.79. The Labute approximate surface area is 110 Å². The molecule has 0 bridgehead atoms. The summed E-state index contributed by atoms with van der Waals surface area (Å²) in [5.74, 6) is 0. The Morgan fingerprint density at radius 3 is 3.06 bits per heavy atom. The van der Waals surface area contributed by atoms with Crippen molar-refractivity contribution >= 4 is 12.4 Å². The average Bonchev–Trinajstić information content (AvgIpc) is 2.89. The van der Waals surface area contributed by atoms with Gasteiger partial charge in [0.2, 0.25) is 0 Å². The molecule has 1 aliphatic rings. The number of likely N-dealkylation sites (N-methyl/N-ethyl adjacent to an activating group) is 1. The molecule has 0 radical (unpaired) electrons. The van der Waals surface area contributed by atoms with Crippen LogP contribution in [0.15, 0.2) is 12.4 Å². The summed E-state index contributed by atoms with van der Waals surface area (Å²) in [6.07, 6.45) is 6.57. The Morgan fingerprint density at radius 1 is 1.59 bits per heavy atom. The van der Waals surface area contributed by atoms with Crippen LogP contribution in [0.25, 0.3) is 0 Å². The quantitative estimate of drug-likeness (QED) is 0.869. The summed E-state index contributed by atoms with van der Waals surface area (Å²) in [5.41, 5.74) is 1.32. The third kappa shape index (κ3) is 3.98. The molecule has 5 heteroatoms. The van der Waals surface area contributed by atoms with Gasteiger partial charge in [-0.25, -0.2) is 0 Å². The molecule has 0 aliphatic carbocycles. The molecule has 1 aromatic heterocycles. The van der Waals surface area contributed by atoms with Gasteiger partial charge in [-0.1, -0.05) is 6.92 Å². The van der Waals surface area contributed by atoms with Crippen molar-refractivity contribution in [2.45, 2.75) is 38.9 Å². The van der Waals surface area contributed by atoms with Crippen molar-refractivity contribution in [3.05, 3.63) is 18.0 Å². The molecule has 98 valence electrons. The van der Waals surface area contributed by atoms with E-state index >= 15 is 0 Å². The molecule has 0 aromatic carbocycles. The molecule has 1 fully saturated rings.